The van der Waals surface area contributed by atoms with Crippen LogP contribution in [0.2, 0.25) is 0 Å². The molecule has 1 atom stereocenters. The lowest BCUT2D eigenvalue weighted by atomic mass is 9.94. The fourth-order valence-corrected chi connectivity index (χ4v) is 1.69. The summed E-state index contributed by atoms with van der Waals surface area (Å²) in [6.07, 6.45) is 0.349. The maximum atomic E-state index is 10.8. The van der Waals surface area contributed by atoms with Gasteiger partial charge in [0, 0.05) is 9.99 Å². The van der Waals surface area contributed by atoms with Crippen molar-refractivity contribution in [2.45, 2.75) is 18.9 Å². The van der Waals surface area contributed by atoms with Crippen LogP contribution in [0.3, 0.4) is 0 Å². The molecule has 0 radical (unpaired) electrons. The Morgan fingerprint density at radius 1 is 1.57 bits per heavy atom. The summed E-state index contributed by atoms with van der Waals surface area (Å²) in [7, 11) is 0. The highest BCUT2D eigenvalue weighted by Crippen LogP contribution is 2.17. The number of benzene rings is 1. The van der Waals surface area contributed by atoms with Crippen molar-refractivity contribution in [3.05, 3.63) is 33.4 Å². The highest BCUT2D eigenvalue weighted by molar-refractivity contribution is 14.1. The van der Waals surface area contributed by atoms with Gasteiger partial charge in [-0.25, -0.2) is 0 Å². The summed E-state index contributed by atoms with van der Waals surface area (Å²) in [6, 6.07) is 7.64. The zero-order chi connectivity index (χ0) is 10.8. The van der Waals surface area contributed by atoms with Crippen LogP contribution in [0.4, 0.5) is 0 Å². The van der Waals surface area contributed by atoms with E-state index in [1.165, 1.54) is 6.92 Å². The predicted octanol–water partition coefficient (Wildman–Crippen LogP) is 1.64. The molecule has 0 aromatic heterocycles. The van der Waals surface area contributed by atoms with Crippen molar-refractivity contribution < 1.29 is 9.90 Å². The van der Waals surface area contributed by atoms with Gasteiger partial charge in [-0.05, 0) is 41.1 Å². The van der Waals surface area contributed by atoms with Crippen LogP contribution in [-0.4, -0.2) is 16.6 Å². The molecule has 0 fully saturated rings. The van der Waals surface area contributed by atoms with Crippen molar-refractivity contribution >= 4 is 28.6 Å². The number of aliphatic carboxylic acids is 1. The molecule has 1 aromatic rings. The first-order chi connectivity index (χ1) is 6.43. The van der Waals surface area contributed by atoms with E-state index >= 15 is 0 Å². The summed E-state index contributed by atoms with van der Waals surface area (Å²) in [6.45, 7) is 1.53. The number of carboxylic acids is 1. The van der Waals surface area contributed by atoms with E-state index in [-0.39, 0.29) is 0 Å². The van der Waals surface area contributed by atoms with Gasteiger partial charge in [0.15, 0.2) is 0 Å². The second-order valence-electron chi connectivity index (χ2n) is 3.49. The Labute approximate surface area is 96.4 Å². The molecule has 0 saturated heterocycles. The summed E-state index contributed by atoms with van der Waals surface area (Å²) in [5.41, 5.74) is 5.44. The first kappa shape index (κ1) is 11.5. The van der Waals surface area contributed by atoms with Gasteiger partial charge in [-0.2, -0.15) is 0 Å². The first-order valence-electron chi connectivity index (χ1n) is 4.19. The normalized spacial score (nSPS) is 14.8. The molecular weight excluding hydrogens is 293 g/mol. The maximum Gasteiger partial charge on any atom is 0.323 e. The Balaban J connectivity index is 2.89. The number of hydrogen-bond donors (Lipinski definition) is 2. The predicted molar refractivity (Wildman–Crippen MR) is 63.1 cm³/mol. The van der Waals surface area contributed by atoms with E-state index in [1.54, 1.807) is 0 Å². The fourth-order valence-electron chi connectivity index (χ4n) is 1.11. The van der Waals surface area contributed by atoms with Gasteiger partial charge in [0.05, 0.1) is 0 Å². The van der Waals surface area contributed by atoms with E-state index in [9.17, 15) is 4.79 Å². The van der Waals surface area contributed by atoms with Crippen molar-refractivity contribution in [1.29, 1.82) is 0 Å². The van der Waals surface area contributed by atoms with Crippen LogP contribution < -0.4 is 5.73 Å². The van der Waals surface area contributed by atoms with Crippen LogP contribution in [0.15, 0.2) is 24.3 Å². The van der Waals surface area contributed by atoms with Crippen LogP contribution in [0.1, 0.15) is 12.5 Å². The SMILES string of the molecule is C[C@](N)(Cc1ccccc1I)C(=O)O. The second-order valence-corrected chi connectivity index (χ2v) is 4.65. The molecule has 76 valence electrons. The molecule has 0 saturated carbocycles. The molecule has 0 amide bonds. The fraction of sp³-hybridized carbons (Fsp3) is 0.300. The molecule has 0 bridgehead atoms. The number of rotatable bonds is 3. The molecule has 3 nitrogen and oxygen atoms in total. The molecular formula is C10H12INO2. The molecule has 0 spiro atoms. The molecule has 0 heterocycles. The minimum atomic E-state index is -1.19. The van der Waals surface area contributed by atoms with Crippen molar-refractivity contribution in [3.63, 3.8) is 0 Å². The third-order valence-corrected chi connectivity index (χ3v) is 3.06. The minimum Gasteiger partial charge on any atom is -0.480 e. The lowest BCUT2D eigenvalue weighted by Crippen LogP contribution is -2.46. The number of carbonyl (C=O) groups is 1. The Bertz CT molecular complexity index is 350. The smallest absolute Gasteiger partial charge is 0.323 e. The quantitative estimate of drug-likeness (QED) is 0.835. The zero-order valence-electron chi connectivity index (χ0n) is 7.83. The van der Waals surface area contributed by atoms with Gasteiger partial charge in [-0.3, -0.25) is 4.79 Å². The largest absolute Gasteiger partial charge is 0.480 e. The van der Waals surface area contributed by atoms with E-state index in [2.05, 4.69) is 22.6 Å². The van der Waals surface area contributed by atoms with Gasteiger partial charge >= 0.3 is 5.97 Å². The Hall–Kier alpha value is -0.620. The third-order valence-electron chi connectivity index (χ3n) is 2.00. The maximum absolute atomic E-state index is 10.8. The minimum absolute atomic E-state index is 0.349. The number of hydrogen-bond acceptors (Lipinski definition) is 2. The van der Waals surface area contributed by atoms with Crippen LogP contribution in [0, 0.1) is 3.57 Å². The molecule has 0 aliphatic heterocycles. The molecule has 0 aliphatic carbocycles. The van der Waals surface area contributed by atoms with Crippen LogP contribution in [0.5, 0.6) is 0 Å². The average Bonchev–Trinajstić information content (AvgIpc) is 2.08. The van der Waals surface area contributed by atoms with Crippen molar-refractivity contribution in [1.82, 2.24) is 0 Å². The van der Waals surface area contributed by atoms with Crippen molar-refractivity contribution in [2.24, 2.45) is 5.73 Å². The molecule has 1 rings (SSSR count). The lowest BCUT2D eigenvalue weighted by Gasteiger charge is -2.19. The molecule has 14 heavy (non-hydrogen) atoms. The molecule has 0 aliphatic rings. The molecule has 3 N–H and O–H groups in total. The summed E-state index contributed by atoms with van der Waals surface area (Å²) in [4.78, 5) is 10.8. The molecule has 4 heteroatoms. The van der Waals surface area contributed by atoms with Gasteiger partial charge in [0.25, 0.3) is 0 Å². The van der Waals surface area contributed by atoms with Crippen LogP contribution in [-0.2, 0) is 11.2 Å². The summed E-state index contributed by atoms with van der Waals surface area (Å²) in [5.74, 6) is -0.975. The summed E-state index contributed by atoms with van der Waals surface area (Å²) in [5, 5.41) is 8.87. The molecule has 0 unspecified atom stereocenters. The van der Waals surface area contributed by atoms with Gasteiger partial charge in [-0.15, -0.1) is 0 Å². The number of carboxylic acid groups (broad SMARTS) is 1. The summed E-state index contributed by atoms with van der Waals surface area (Å²) < 4.78 is 1.04. The number of nitrogens with two attached hydrogens (primary N) is 1. The zero-order valence-corrected chi connectivity index (χ0v) is 9.98. The lowest BCUT2D eigenvalue weighted by molar-refractivity contribution is -0.142. The number of halogens is 1. The second kappa shape index (κ2) is 4.27. The highest BCUT2D eigenvalue weighted by Gasteiger charge is 2.28. The topological polar surface area (TPSA) is 63.3 Å². The van der Waals surface area contributed by atoms with Gasteiger partial charge in [0.2, 0.25) is 0 Å². The molecule has 1 aromatic carbocycles. The van der Waals surface area contributed by atoms with Gasteiger partial charge < -0.3 is 10.8 Å². The average molecular weight is 305 g/mol. The van der Waals surface area contributed by atoms with E-state index in [1.807, 2.05) is 24.3 Å². The standard InChI is InChI=1S/C10H12INO2/c1-10(12,9(13)14)6-7-4-2-3-5-8(7)11/h2-5H,6,12H2,1H3,(H,13,14)/t10-/m0/s1. The van der Waals surface area contributed by atoms with Gasteiger partial charge in [-0.1, -0.05) is 18.2 Å². The first-order valence-corrected chi connectivity index (χ1v) is 5.27. The van der Waals surface area contributed by atoms with E-state index < -0.39 is 11.5 Å². The Kier molecular flexibility index (Phi) is 3.49. The monoisotopic (exact) mass is 305 g/mol. The van der Waals surface area contributed by atoms with Crippen molar-refractivity contribution in [2.75, 3.05) is 0 Å². The Morgan fingerprint density at radius 3 is 2.64 bits per heavy atom. The van der Waals surface area contributed by atoms with Crippen molar-refractivity contribution in [3.8, 4) is 0 Å². The van der Waals surface area contributed by atoms with Crippen LogP contribution in [0.25, 0.3) is 0 Å². The van der Waals surface area contributed by atoms with E-state index in [0.717, 1.165) is 9.13 Å². The summed E-state index contributed by atoms with van der Waals surface area (Å²) >= 11 is 2.18. The third kappa shape index (κ3) is 2.68. The van der Waals surface area contributed by atoms with Gasteiger partial charge in [0.1, 0.15) is 5.54 Å². The highest BCUT2D eigenvalue weighted by atomic mass is 127. The van der Waals surface area contributed by atoms with E-state index in [0.29, 0.717) is 6.42 Å². The Morgan fingerprint density at radius 2 is 2.14 bits per heavy atom. The van der Waals surface area contributed by atoms with E-state index in [4.69, 9.17) is 10.8 Å². The van der Waals surface area contributed by atoms with Crippen LogP contribution >= 0.6 is 22.6 Å².